The second-order valence-corrected chi connectivity index (χ2v) is 6.34. The molecule has 3 aromatic rings. The van der Waals surface area contributed by atoms with Crippen molar-refractivity contribution < 1.29 is 19.1 Å². The molecule has 148 valence electrons. The number of hydrogen-bond donors (Lipinski definition) is 2. The summed E-state index contributed by atoms with van der Waals surface area (Å²) in [7, 11) is 3.07. The Morgan fingerprint density at radius 2 is 1.34 bits per heavy atom. The van der Waals surface area contributed by atoms with E-state index >= 15 is 0 Å². The van der Waals surface area contributed by atoms with Crippen molar-refractivity contribution in [3.05, 3.63) is 83.4 Å². The van der Waals surface area contributed by atoms with Gasteiger partial charge in [-0.1, -0.05) is 30.3 Å². The summed E-state index contributed by atoms with van der Waals surface area (Å²) in [5, 5.41) is 5.65. The van der Waals surface area contributed by atoms with Crippen molar-refractivity contribution in [2.24, 2.45) is 0 Å². The zero-order valence-electron chi connectivity index (χ0n) is 16.5. The fourth-order valence-electron chi connectivity index (χ4n) is 2.92. The summed E-state index contributed by atoms with van der Waals surface area (Å²) in [6.45, 7) is 1.87. The molecule has 2 amide bonds. The van der Waals surface area contributed by atoms with Crippen LogP contribution >= 0.6 is 0 Å². The number of ether oxygens (including phenoxy) is 2. The summed E-state index contributed by atoms with van der Waals surface area (Å²) >= 11 is 0. The van der Waals surface area contributed by atoms with Crippen LogP contribution < -0.4 is 20.1 Å². The minimum atomic E-state index is -0.349. The third-order valence-electron chi connectivity index (χ3n) is 4.45. The highest BCUT2D eigenvalue weighted by Crippen LogP contribution is 2.30. The molecule has 3 rings (SSSR count). The molecule has 0 aliphatic rings. The monoisotopic (exact) mass is 390 g/mol. The summed E-state index contributed by atoms with van der Waals surface area (Å²) in [4.78, 5) is 25.5. The highest BCUT2D eigenvalue weighted by molar-refractivity contribution is 6.12. The van der Waals surface area contributed by atoms with Crippen LogP contribution in [0.15, 0.2) is 66.7 Å². The first-order valence-electron chi connectivity index (χ1n) is 9.03. The van der Waals surface area contributed by atoms with Gasteiger partial charge in [0, 0.05) is 17.3 Å². The second kappa shape index (κ2) is 8.93. The molecule has 0 atom stereocenters. The lowest BCUT2D eigenvalue weighted by Crippen LogP contribution is -2.18. The fraction of sp³-hybridized carbons (Fsp3) is 0.130. The Hall–Kier alpha value is -3.80. The molecule has 0 bridgehead atoms. The van der Waals surface area contributed by atoms with E-state index in [1.54, 1.807) is 61.7 Å². The summed E-state index contributed by atoms with van der Waals surface area (Å²) in [6.07, 6.45) is 0. The third kappa shape index (κ3) is 4.55. The van der Waals surface area contributed by atoms with Crippen LogP contribution in [0.1, 0.15) is 26.3 Å². The highest BCUT2D eigenvalue weighted by atomic mass is 16.5. The van der Waals surface area contributed by atoms with Crippen LogP contribution in [-0.2, 0) is 0 Å². The van der Waals surface area contributed by atoms with Crippen LogP contribution in [0.25, 0.3) is 0 Å². The number of aryl methyl sites for hydroxylation is 1. The average molecular weight is 390 g/mol. The van der Waals surface area contributed by atoms with Gasteiger partial charge in [0.15, 0.2) is 11.5 Å². The van der Waals surface area contributed by atoms with E-state index in [0.29, 0.717) is 34.0 Å². The van der Waals surface area contributed by atoms with Crippen LogP contribution in [0.4, 0.5) is 11.4 Å². The number of hydrogen-bond acceptors (Lipinski definition) is 4. The normalized spacial score (nSPS) is 10.2. The van der Waals surface area contributed by atoms with Gasteiger partial charge in [0.2, 0.25) is 0 Å². The van der Waals surface area contributed by atoms with Gasteiger partial charge in [-0.2, -0.15) is 0 Å². The van der Waals surface area contributed by atoms with Crippen molar-refractivity contribution in [3.8, 4) is 11.5 Å². The van der Waals surface area contributed by atoms with E-state index in [1.807, 2.05) is 19.1 Å². The molecule has 0 unspecified atom stereocenters. The number of anilines is 2. The van der Waals surface area contributed by atoms with E-state index in [4.69, 9.17) is 9.47 Å². The molecule has 6 heteroatoms. The van der Waals surface area contributed by atoms with Crippen molar-refractivity contribution in [3.63, 3.8) is 0 Å². The minimum absolute atomic E-state index is 0.269. The van der Waals surface area contributed by atoms with Gasteiger partial charge in [-0.15, -0.1) is 0 Å². The molecule has 6 nitrogen and oxygen atoms in total. The predicted octanol–water partition coefficient (Wildman–Crippen LogP) is 4.52. The minimum Gasteiger partial charge on any atom is -0.493 e. The van der Waals surface area contributed by atoms with Crippen LogP contribution in [-0.4, -0.2) is 26.0 Å². The van der Waals surface area contributed by atoms with E-state index < -0.39 is 0 Å². The van der Waals surface area contributed by atoms with Crippen molar-refractivity contribution in [1.29, 1.82) is 0 Å². The standard InChI is InChI=1S/C23H22N2O4/c1-15-8-4-5-9-17(15)22(26)25-19-11-7-6-10-18(19)23(27)24-16-12-13-20(28-2)21(14-16)29-3/h4-14H,1-3H3,(H,24,27)(H,25,26). The Morgan fingerprint density at radius 1 is 0.724 bits per heavy atom. The molecule has 0 aromatic heterocycles. The first-order chi connectivity index (χ1) is 14.0. The highest BCUT2D eigenvalue weighted by Gasteiger charge is 2.16. The molecule has 2 N–H and O–H groups in total. The second-order valence-electron chi connectivity index (χ2n) is 6.34. The summed E-state index contributed by atoms with van der Waals surface area (Å²) in [5.74, 6) is 0.454. The van der Waals surface area contributed by atoms with E-state index in [0.717, 1.165) is 5.56 Å². The first kappa shape index (κ1) is 19.9. The third-order valence-corrected chi connectivity index (χ3v) is 4.45. The lowest BCUT2D eigenvalue weighted by atomic mass is 10.1. The van der Waals surface area contributed by atoms with Gasteiger partial charge in [-0.3, -0.25) is 9.59 Å². The molecule has 0 radical (unpaired) electrons. The number of amides is 2. The van der Waals surface area contributed by atoms with Crippen LogP contribution in [0, 0.1) is 6.92 Å². The maximum absolute atomic E-state index is 12.8. The molecule has 0 saturated heterocycles. The van der Waals surface area contributed by atoms with E-state index in [-0.39, 0.29) is 11.8 Å². The van der Waals surface area contributed by atoms with Gasteiger partial charge in [0.25, 0.3) is 11.8 Å². The van der Waals surface area contributed by atoms with Crippen molar-refractivity contribution in [1.82, 2.24) is 0 Å². The Balaban J connectivity index is 1.82. The molecule has 3 aromatic carbocycles. The molecule has 0 aliphatic carbocycles. The molecule has 29 heavy (non-hydrogen) atoms. The van der Waals surface area contributed by atoms with E-state index in [9.17, 15) is 9.59 Å². The quantitative estimate of drug-likeness (QED) is 0.649. The molecule has 0 spiro atoms. The maximum Gasteiger partial charge on any atom is 0.257 e. The van der Waals surface area contributed by atoms with Gasteiger partial charge in [0.05, 0.1) is 25.5 Å². The SMILES string of the molecule is COc1ccc(NC(=O)c2ccccc2NC(=O)c2ccccc2C)cc1OC. The maximum atomic E-state index is 12.8. The lowest BCUT2D eigenvalue weighted by Gasteiger charge is -2.13. The molecule has 0 fully saturated rings. The summed E-state index contributed by atoms with van der Waals surface area (Å²) in [6, 6.07) is 19.2. The van der Waals surface area contributed by atoms with Gasteiger partial charge >= 0.3 is 0 Å². The number of carbonyl (C=O) groups excluding carboxylic acids is 2. The predicted molar refractivity (Wildman–Crippen MR) is 113 cm³/mol. The van der Waals surface area contributed by atoms with Crippen molar-refractivity contribution >= 4 is 23.2 Å². The summed E-state index contributed by atoms with van der Waals surface area (Å²) < 4.78 is 10.5. The Morgan fingerprint density at radius 3 is 2.03 bits per heavy atom. The van der Waals surface area contributed by atoms with Crippen LogP contribution in [0.5, 0.6) is 11.5 Å². The molecular weight excluding hydrogens is 368 g/mol. The lowest BCUT2D eigenvalue weighted by molar-refractivity contribution is 0.102. The molecular formula is C23H22N2O4. The van der Waals surface area contributed by atoms with Gasteiger partial charge < -0.3 is 20.1 Å². The molecule has 0 saturated carbocycles. The number of rotatable bonds is 6. The number of nitrogens with one attached hydrogen (secondary N) is 2. The number of benzene rings is 3. The number of carbonyl (C=O) groups is 2. The summed E-state index contributed by atoms with van der Waals surface area (Å²) in [5.41, 5.74) is 2.75. The zero-order chi connectivity index (χ0) is 20.8. The van der Waals surface area contributed by atoms with Gasteiger partial charge in [-0.25, -0.2) is 0 Å². The van der Waals surface area contributed by atoms with E-state index in [2.05, 4.69) is 10.6 Å². The zero-order valence-corrected chi connectivity index (χ0v) is 16.5. The molecule has 0 aliphatic heterocycles. The van der Waals surface area contributed by atoms with Crippen molar-refractivity contribution in [2.45, 2.75) is 6.92 Å². The van der Waals surface area contributed by atoms with Crippen LogP contribution in [0.2, 0.25) is 0 Å². The van der Waals surface area contributed by atoms with Crippen molar-refractivity contribution in [2.75, 3.05) is 24.9 Å². The smallest absolute Gasteiger partial charge is 0.257 e. The largest absolute Gasteiger partial charge is 0.493 e. The Bertz CT molecular complexity index is 1050. The average Bonchev–Trinajstić information content (AvgIpc) is 2.74. The Labute approximate surface area is 169 Å². The van der Waals surface area contributed by atoms with Gasteiger partial charge in [0.1, 0.15) is 0 Å². The number of para-hydroxylation sites is 1. The Kier molecular flexibility index (Phi) is 6.14. The topological polar surface area (TPSA) is 76.7 Å². The fourth-order valence-corrected chi connectivity index (χ4v) is 2.92. The first-order valence-corrected chi connectivity index (χ1v) is 9.03. The molecule has 0 heterocycles. The van der Waals surface area contributed by atoms with Gasteiger partial charge in [-0.05, 0) is 42.8 Å². The van der Waals surface area contributed by atoms with Crippen LogP contribution in [0.3, 0.4) is 0 Å². The van der Waals surface area contributed by atoms with E-state index in [1.165, 1.54) is 7.11 Å². The number of methoxy groups -OCH3 is 2.